The van der Waals surface area contributed by atoms with Gasteiger partial charge in [-0.1, -0.05) is 110 Å². The maximum atomic E-state index is 6.45. The van der Waals surface area contributed by atoms with Crippen LogP contribution in [0, 0.1) is 45.2 Å². The molecule has 0 spiro atoms. The van der Waals surface area contributed by atoms with Crippen molar-refractivity contribution in [1.29, 1.82) is 0 Å². The summed E-state index contributed by atoms with van der Waals surface area (Å²) in [6.07, 6.45) is 6.72. The third-order valence-electron chi connectivity index (χ3n) is 9.14. The molecule has 8 aromatic rings. The zero-order chi connectivity index (χ0) is 35.0. The Bertz CT molecular complexity index is 2490. The molecule has 0 aliphatic rings. The zero-order valence-electron chi connectivity index (χ0n) is 30.2. The van der Waals surface area contributed by atoms with E-state index in [9.17, 15) is 0 Å². The van der Waals surface area contributed by atoms with Gasteiger partial charge in [0, 0.05) is 60.5 Å². The molecule has 257 valence electrons. The van der Waals surface area contributed by atoms with Gasteiger partial charge in [0.05, 0.1) is 5.58 Å². The fourth-order valence-electron chi connectivity index (χ4n) is 6.46. The van der Waals surface area contributed by atoms with Crippen molar-refractivity contribution in [3.63, 3.8) is 0 Å². The van der Waals surface area contributed by atoms with Crippen molar-refractivity contribution < 1.29 is 24.5 Å². The summed E-state index contributed by atoms with van der Waals surface area (Å²) in [4.78, 5) is 13.6. The second kappa shape index (κ2) is 14.7. The van der Waals surface area contributed by atoms with E-state index in [4.69, 9.17) is 4.42 Å². The van der Waals surface area contributed by atoms with Crippen molar-refractivity contribution >= 4 is 32.7 Å². The summed E-state index contributed by atoms with van der Waals surface area (Å²) in [5.41, 5.74) is 14.2. The van der Waals surface area contributed by atoms with Crippen LogP contribution in [-0.2, 0) is 26.5 Å². The van der Waals surface area contributed by atoms with Gasteiger partial charge in [-0.05, 0) is 67.3 Å². The minimum absolute atomic E-state index is 0. The summed E-state index contributed by atoms with van der Waals surface area (Å²) >= 11 is 0. The van der Waals surface area contributed by atoms with E-state index in [1.807, 2.05) is 37.6 Å². The fourth-order valence-corrected chi connectivity index (χ4v) is 6.46. The van der Waals surface area contributed by atoms with Crippen LogP contribution in [0.1, 0.15) is 48.7 Å². The summed E-state index contributed by atoms with van der Waals surface area (Å²) in [5.74, 6) is 0. The first-order valence-electron chi connectivity index (χ1n) is 17.1. The maximum Gasteiger partial charge on any atom is 0.128 e. The van der Waals surface area contributed by atoms with Crippen LogP contribution < -0.4 is 0 Å². The minimum atomic E-state index is 0. The topological polar surface area (TPSA) is 51.8 Å². The van der Waals surface area contributed by atoms with Crippen LogP contribution in [-0.4, -0.2) is 15.0 Å². The van der Waals surface area contributed by atoms with Crippen LogP contribution in [0.25, 0.3) is 66.4 Å². The molecule has 0 aliphatic heterocycles. The predicted octanol–water partition coefficient (Wildman–Crippen LogP) is 12.0. The van der Waals surface area contributed by atoms with Gasteiger partial charge >= 0.3 is 0 Å². The van der Waals surface area contributed by atoms with E-state index < -0.39 is 0 Å². The summed E-state index contributed by atoms with van der Waals surface area (Å²) in [6, 6.07) is 38.1. The molecule has 4 aromatic carbocycles. The van der Waals surface area contributed by atoms with Crippen LogP contribution in [0.4, 0.5) is 0 Å². The van der Waals surface area contributed by atoms with Gasteiger partial charge in [0.15, 0.2) is 0 Å². The largest absolute Gasteiger partial charge is 0.500 e. The molecule has 0 fully saturated rings. The average Bonchev–Trinajstić information content (AvgIpc) is 3.49. The number of aryl methyl sites for hydroxylation is 4. The Morgan fingerprint density at radius 1 is 0.667 bits per heavy atom. The Morgan fingerprint density at radius 2 is 1.45 bits per heavy atom. The molecule has 1 radical (unpaired) electrons. The summed E-state index contributed by atoms with van der Waals surface area (Å²) in [5, 5.41) is 4.37. The number of nitrogens with zero attached hydrogens (tertiary/aromatic N) is 3. The predicted molar refractivity (Wildman–Crippen MR) is 207 cm³/mol. The second-order valence-corrected chi connectivity index (χ2v) is 14.4. The molecule has 51 heavy (non-hydrogen) atoms. The number of aromatic nitrogens is 3. The Hall–Kier alpha value is -4.96. The van der Waals surface area contributed by atoms with E-state index in [1.54, 1.807) is 0 Å². The molecule has 4 heterocycles. The van der Waals surface area contributed by atoms with Crippen LogP contribution in [0.3, 0.4) is 0 Å². The Balaban J connectivity index is 0.000000181. The number of furan rings is 1. The van der Waals surface area contributed by atoms with Gasteiger partial charge < -0.3 is 14.4 Å². The van der Waals surface area contributed by atoms with Crippen LogP contribution in [0.2, 0.25) is 0 Å². The Labute approximate surface area is 314 Å². The smallest absolute Gasteiger partial charge is 0.128 e. The van der Waals surface area contributed by atoms with Crippen LogP contribution >= 0.6 is 0 Å². The maximum absolute atomic E-state index is 6.45. The van der Waals surface area contributed by atoms with Crippen molar-refractivity contribution in [2.24, 2.45) is 5.41 Å². The Morgan fingerprint density at radius 3 is 2.22 bits per heavy atom. The Kier molecular flexibility index (Phi) is 10.3. The molecule has 0 bridgehead atoms. The van der Waals surface area contributed by atoms with E-state index in [1.165, 1.54) is 33.4 Å². The molecular weight excluding hydrogens is 803 g/mol. The van der Waals surface area contributed by atoms with Crippen molar-refractivity contribution in [2.75, 3.05) is 0 Å². The van der Waals surface area contributed by atoms with Gasteiger partial charge in [0.25, 0.3) is 0 Å². The van der Waals surface area contributed by atoms with Crippen molar-refractivity contribution in [1.82, 2.24) is 15.0 Å². The average molecular weight is 844 g/mol. The van der Waals surface area contributed by atoms with Crippen LogP contribution in [0.5, 0.6) is 0 Å². The van der Waals surface area contributed by atoms with Crippen molar-refractivity contribution in [3.05, 3.63) is 150 Å². The summed E-state index contributed by atoms with van der Waals surface area (Å²) in [6.45, 7) is 15.1. The molecule has 0 saturated heterocycles. The number of benzene rings is 4. The first-order chi connectivity index (χ1) is 24.0. The van der Waals surface area contributed by atoms with Gasteiger partial charge in [0.2, 0.25) is 0 Å². The molecule has 0 N–H and O–H groups in total. The third kappa shape index (κ3) is 7.71. The van der Waals surface area contributed by atoms with Gasteiger partial charge in [-0.3, -0.25) is 4.98 Å². The van der Waals surface area contributed by atoms with Gasteiger partial charge in [-0.25, -0.2) is 0 Å². The summed E-state index contributed by atoms with van der Waals surface area (Å²) < 4.78 is 6.45. The van der Waals surface area contributed by atoms with E-state index in [2.05, 4.69) is 147 Å². The number of pyridine rings is 3. The molecule has 0 aliphatic carbocycles. The first kappa shape index (κ1) is 35.9. The van der Waals surface area contributed by atoms with E-state index in [-0.39, 0.29) is 25.5 Å². The standard InChI is InChI=1S/C26H23N2O.C20H18N.Ir/c1-16-12-22-18(15-28-16)8-9-20-19-6-5-7-21(24(19)29-25(20)22)23-13-17(10-11-27-23)14-26(2,3)4;1-14-9-10-18(20-11-15(2)16(3)13-21-20)12-19(14)17-7-5-4-6-8-17;/h5-6,8-13,15H,14H2,1-4H3;4-9,11-13H,1-3H3;/q2*-1;. The van der Waals surface area contributed by atoms with E-state index >= 15 is 0 Å². The van der Waals surface area contributed by atoms with Gasteiger partial charge in [-0.2, -0.15) is 0 Å². The molecule has 0 saturated carbocycles. The SMILES string of the molecule is Cc1cc2c(ccc3c4cc[c-]c(-c5cc(CC(C)(C)C)ccn5)c4oc23)cn1.Cc1cnc(-c2[c-]cc(C)c(-c3ccccc3)c2)cc1C.[Ir]. The minimum Gasteiger partial charge on any atom is -0.500 e. The molecule has 4 nitrogen and oxygen atoms in total. The molecule has 0 amide bonds. The number of hydrogen-bond donors (Lipinski definition) is 0. The molecule has 8 rings (SSSR count). The molecule has 5 heteroatoms. The van der Waals surface area contributed by atoms with Crippen LogP contribution in [0.15, 0.2) is 114 Å². The number of hydrogen-bond acceptors (Lipinski definition) is 4. The zero-order valence-corrected chi connectivity index (χ0v) is 32.6. The van der Waals surface area contributed by atoms with Gasteiger partial charge in [0.1, 0.15) is 5.58 Å². The monoisotopic (exact) mass is 844 g/mol. The second-order valence-electron chi connectivity index (χ2n) is 14.4. The van der Waals surface area contributed by atoms with E-state index in [0.29, 0.717) is 0 Å². The first-order valence-corrected chi connectivity index (χ1v) is 17.1. The fraction of sp³-hybridized carbons (Fsp3) is 0.196. The normalized spacial score (nSPS) is 11.4. The molecule has 0 atom stereocenters. The molecule has 4 aromatic heterocycles. The van der Waals surface area contributed by atoms with Crippen molar-refractivity contribution in [3.8, 4) is 33.6 Å². The number of fused-ring (bicyclic) bond motifs is 5. The summed E-state index contributed by atoms with van der Waals surface area (Å²) in [7, 11) is 0. The van der Waals surface area contributed by atoms with E-state index in [0.717, 1.165) is 67.3 Å². The van der Waals surface area contributed by atoms with Gasteiger partial charge in [-0.15, -0.1) is 47.5 Å². The molecule has 0 unspecified atom stereocenters. The van der Waals surface area contributed by atoms with Crippen molar-refractivity contribution in [2.45, 2.75) is 54.9 Å². The third-order valence-corrected chi connectivity index (χ3v) is 9.14. The molecular formula is C46H41IrN3O-2. The number of rotatable bonds is 4. The quantitative estimate of drug-likeness (QED) is 0.166.